The lowest BCUT2D eigenvalue weighted by Gasteiger charge is -2.21. The number of carbonyl (C=O) groups excluding carboxylic acids is 1. The zero-order valence-corrected chi connectivity index (χ0v) is 16.8. The number of anilines is 1. The number of amides is 1. The van der Waals surface area contributed by atoms with Gasteiger partial charge in [0.15, 0.2) is 0 Å². The van der Waals surface area contributed by atoms with E-state index in [1.165, 1.54) is 31.4 Å². The van der Waals surface area contributed by atoms with E-state index < -0.39 is 28.3 Å². The minimum Gasteiger partial charge on any atom is -0.495 e. The van der Waals surface area contributed by atoms with Crippen LogP contribution in [-0.2, 0) is 14.8 Å². The maximum atomic E-state index is 13.6. The Bertz CT molecular complexity index is 954. The Balaban J connectivity index is 2.25. The second kappa shape index (κ2) is 8.88. The number of ether oxygens (including phenoxy) is 1. The summed E-state index contributed by atoms with van der Waals surface area (Å²) in [5.41, 5.74) is 0.294. The first kappa shape index (κ1) is 21.4. The van der Waals surface area contributed by atoms with Crippen molar-refractivity contribution in [1.29, 1.82) is 0 Å². The monoisotopic (exact) mass is 434 g/mol. The third kappa shape index (κ3) is 5.10. The van der Waals surface area contributed by atoms with Crippen molar-refractivity contribution in [3.8, 4) is 5.75 Å². The molecule has 0 spiro atoms. The van der Waals surface area contributed by atoms with Crippen molar-refractivity contribution < 1.29 is 22.3 Å². The summed E-state index contributed by atoms with van der Waals surface area (Å²) >= 11 is 11.8. The highest BCUT2D eigenvalue weighted by molar-refractivity contribution is 7.89. The van der Waals surface area contributed by atoms with E-state index in [1.54, 1.807) is 6.92 Å². The highest BCUT2D eigenvalue weighted by Gasteiger charge is 2.29. The van der Waals surface area contributed by atoms with Gasteiger partial charge in [0, 0.05) is 11.6 Å². The zero-order chi connectivity index (χ0) is 20.2. The largest absolute Gasteiger partial charge is 0.495 e. The molecule has 0 fully saturated rings. The van der Waals surface area contributed by atoms with Gasteiger partial charge in [-0.1, -0.05) is 30.1 Å². The van der Waals surface area contributed by atoms with Crippen LogP contribution in [0.3, 0.4) is 0 Å². The molecule has 0 aliphatic rings. The molecule has 27 heavy (non-hydrogen) atoms. The fourth-order valence-corrected chi connectivity index (χ4v) is 4.33. The van der Waals surface area contributed by atoms with Gasteiger partial charge in [-0.3, -0.25) is 4.79 Å². The molecule has 0 unspecified atom stereocenters. The molecule has 2 aromatic rings. The minimum absolute atomic E-state index is 0.0101. The molecule has 1 N–H and O–H groups in total. The highest BCUT2D eigenvalue weighted by Crippen LogP contribution is 2.28. The number of nitrogens with zero attached hydrogens (tertiary/aromatic N) is 1. The van der Waals surface area contributed by atoms with E-state index in [4.69, 9.17) is 27.9 Å². The van der Waals surface area contributed by atoms with Crippen molar-refractivity contribution in [2.75, 3.05) is 25.5 Å². The molecule has 0 aliphatic carbocycles. The maximum absolute atomic E-state index is 13.6. The number of hydrogen-bond donors (Lipinski definition) is 1. The molecule has 0 bridgehead atoms. The van der Waals surface area contributed by atoms with Crippen LogP contribution < -0.4 is 10.1 Å². The summed E-state index contributed by atoms with van der Waals surface area (Å²) in [5, 5.41) is 3.14. The normalized spacial score (nSPS) is 11.5. The first-order valence-electron chi connectivity index (χ1n) is 7.77. The number of halogens is 3. The molecule has 0 radical (unpaired) electrons. The van der Waals surface area contributed by atoms with Gasteiger partial charge in [0.05, 0.1) is 24.4 Å². The summed E-state index contributed by atoms with van der Waals surface area (Å²) in [4.78, 5) is 11.9. The predicted octanol–water partition coefficient (Wildman–Crippen LogP) is 3.79. The Morgan fingerprint density at radius 3 is 2.52 bits per heavy atom. The molecule has 0 atom stereocenters. The van der Waals surface area contributed by atoms with E-state index in [2.05, 4.69) is 5.32 Å². The SMILES string of the molecule is CCN(CC(=O)Nc1ccc(Cl)cc1Cl)S(=O)(=O)c1cc(F)ccc1OC. The van der Waals surface area contributed by atoms with E-state index in [0.29, 0.717) is 10.7 Å². The molecule has 10 heteroatoms. The number of carbonyl (C=O) groups is 1. The lowest BCUT2D eigenvalue weighted by molar-refractivity contribution is -0.116. The molecule has 2 rings (SSSR count). The molecule has 146 valence electrons. The summed E-state index contributed by atoms with van der Waals surface area (Å²) in [7, 11) is -2.89. The lowest BCUT2D eigenvalue weighted by atomic mass is 10.3. The summed E-state index contributed by atoms with van der Waals surface area (Å²) in [5.74, 6) is -1.36. The average molecular weight is 435 g/mol. The fraction of sp³-hybridized carbons (Fsp3) is 0.235. The smallest absolute Gasteiger partial charge is 0.247 e. The first-order valence-corrected chi connectivity index (χ1v) is 9.97. The Hall–Kier alpha value is -1.87. The van der Waals surface area contributed by atoms with Gasteiger partial charge in [0.2, 0.25) is 15.9 Å². The van der Waals surface area contributed by atoms with E-state index in [9.17, 15) is 17.6 Å². The number of nitrogens with one attached hydrogen (secondary N) is 1. The van der Waals surface area contributed by atoms with Gasteiger partial charge in [-0.25, -0.2) is 12.8 Å². The number of hydrogen-bond acceptors (Lipinski definition) is 4. The summed E-state index contributed by atoms with van der Waals surface area (Å²) in [6, 6.07) is 7.64. The van der Waals surface area contributed by atoms with Gasteiger partial charge in [-0.2, -0.15) is 4.31 Å². The van der Waals surface area contributed by atoms with Crippen LogP contribution in [-0.4, -0.2) is 38.8 Å². The van der Waals surface area contributed by atoms with Gasteiger partial charge in [-0.15, -0.1) is 0 Å². The van der Waals surface area contributed by atoms with Crippen LogP contribution in [0.5, 0.6) is 5.75 Å². The molecule has 0 aliphatic heterocycles. The molecular weight excluding hydrogens is 418 g/mol. The van der Waals surface area contributed by atoms with Crippen molar-refractivity contribution in [2.45, 2.75) is 11.8 Å². The van der Waals surface area contributed by atoms with Gasteiger partial charge in [0.25, 0.3) is 0 Å². The fourth-order valence-electron chi connectivity index (χ4n) is 2.30. The third-order valence-electron chi connectivity index (χ3n) is 3.62. The molecule has 1 amide bonds. The van der Waals surface area contributed by atoms with E-state index >= 15 is 0 Å². The average Bonchev–Trinajstić information content (AvgIpc) is 2.61. The van der Waals surface area contributed by atoms with Crippen LogP contribution in [0.4, 0.5) is 10.1 Å². The molecule has 0 aromatic heterocycles. The van der Waals surface area contributed by atoms with Crippen molar-refractivity contribution in [3.05, 3.63) is 52.3 Å². The Morgan fingerprint density at radius 1 is 1.22 bits per heavy atom. The van der Waals surface area contributed by atoms with E-state index in [0.717, 1.165) is 16.4 Å². The molecule has 6 nitrogen and oxygen atoms in total. The Kier molecular flexibility index (Phi) is 7.05. The van der Waals surface area contributed by atoms with Crippen molar-refractivity contribution in [1.82, 2.24) is 4.31 Å². The first-order chi connectivity index (χ1) is 12.7. The number of likely N-dealkylation sites (N-methyl/N-ethyl adjacent to an activating group) is 1. The summed E-state index contributed by atoms with van der Waals surface area (Å²) in [6.07, 6.45) is 0. The zero-order valence-electron chi connectivity index (χ0n) is 14.5. The second-order valence-corrected chi connectivity index (χ2v) is 8.15. The summed E-state index contributed by atoms with van der Waals surface area (Å²) < 4.78 is 45.2. The van der Waals surface area contributed by atoms with Crippen LogP contribution in [0, 0.1) is 5.82 Å². The van der Waals surface area contributed by atoms with Gasteiger partial charge in [0.1, 0.15) is 16.5 Å². The van der Waals surface area contributed by atoms with E-state index in [1.807, 2.05) is 0 Å². The molecule has 2 aromatic carbocycles. The summed E-state index contributed by atoms with van der Waals surface area (Å²) in [6.45, 7) is 1.06. The molecular formula is C17H17Cl2FN2O4S. The molecule has 0 saturated heterocycles. The Morgan fingerprint density at radius 2 is 1.93 bits per heavy atom. The van der Waals surface area contributed by atoms with Gasteiger partial charge >= 0.3 is 0 Å². The minimum atomic E-state index is -4.17. The lowest BCUT2D eigenvalue weighted by Crippen LogP contribution is -2.38. The maximum Gasteiger partial charge on any atom is 0.247 e. The Labute approximate surface area is 166 Å². The predicted molar refractivity (Wildman–Crippen MR) is 102 cm³/mol. The highest BCUT2D eigenvalue weighted by atomic mass is 35.5. The molecule has 0 heterocycles. The van der Waals surface area contributed by atoms with Crippen molar-refractivity contribution in [3.63, 3.8) is 0 Å². The van der Waals surface area contributed by atoms with Crippen LogP contribution in [0.1, 0.15) is 6.92 Å². The third-order valence-corrected chi connectivity index (χ3v) is 6.11. The van der Waals surface area contributed by atoms with Crippen LogP contribution in [0.15, 0.2) is 41.3 Å². The van der Waals surface area contributed by atoms with Crippen LogP contribution in [0.2, 0.25) is 10.0 Å². The number of rotatable bonds is 7. The number of sulfonamides is 1. The van der Waals surface area contributed by atoms with Crippen molar-refractivity contribution in [2.24, 2.45) is 0 Å². The van der Waals surface area contributed by atoms with Crippen LogP contribution in [0.25, 0.3) is 0 Å². The molecule has 0 saturated carbocycles. The van der Waals surface area contributed by atoms with E-state index in [-0.39, 0.29) is 22.2 Å². The number of methoxy groups -OCH3 is 1. The van der Waals surface area contributed by atoms with Gasteiger partial charge in [-0.05, 0) is 36.4 Å². The standard InChI is InChI=1S/C17H17Cl2FN2O4S/c1-3-22(10-17(23)21-14-6-4-11(18)8-13(14)19)27(24,25)16-9-12(20)5-7-15(16)26-2/h4-9H,3,10H2,1-2H3,(H,21,23). The topological polar surface area (TPSA) is 75.7 Å². The number of benzene rings is 2. The van der Waals surface area contributed by atoms with Crippen LogP contribution >= 0.6 is 23.2 Å². The quantitative estimate of drug-likeness (QED) is 0.718. The van der Waals surface area contributed by atoms with Crippen molar-refractivity contribution >= 4 is 44.8 Å². The second-order valence-electron chi connectivity index (χ2n) is 5.40. The van der Waals surface area contributed by atoms with Gasteiger partial charge < -0.3 is 10.1 Å².